The molecule has 0 heterocycles. The summed E-state index contributed by atoms with van der Waals surface area (Å²) in [4.78, 5) is 10.4. The molecule has 0 saturated carbocycles. The Bertz CT molecular complexity index is 361. The van der Waals surface area contributed by atoms with Crippen LogP contribution in [0.3, 0.4) is 0 Å². The van der Waals surface area contributed by atoms with Crippen molar-refractivity contribution in [2.75, 3.05) is 6.61 Å². The van der Waals surface area contributed by atoms with Crippen molar-refractivity contribution in [3.8, 4) is 5.75 Å². The van der Waals surface area contributed by atoms with Crippen LogP contribution in [-0.2, 0) is 0 Å². The van der Waals surface area contributed by atoms with E-state index in [0.29, 0.717) is 17.9 Å². The summed E-state index contributed by atoms with van der Waals surface area (Å²) in [7, 11) is 0. The highest BCUT2D eigenvalue weighted by molar-refractivity contribution is 5.54. The zero-order valence-electron chi connectivity index (χ0n) is 8.53. The highest BCUT2D eigenvalue weighted by atomic mass is 16.6. The van der Waals surface area contributed by atoms with Gasteiger partial charge in [-0.15, -0.1) is 0 Å². The van der Waals surface area contributed by atoms with Gasteiger partial charge in [0.25, 0.3) is 0 Å². The first kappa shape index (κ1) is 10.5. The largest absolute Gasteiger partial charge is 0.487 e. The third-order valence-corrected chi connectivity index (χ3v) is 1.89. The molecule has 4 nitrogen and oxygen atoms in total. The van der Waals surface area contributed by atoms with Crippen LogP contribution in [0.15, 0.2) is 12.1 Å². The molecule has 0 unspecified atom stereocenters. The normalized spacial score (nSPS) is 9.93. The second-order valence-electron chi connectivity index (χ2n) is 3.12. The van der Waals surface area contributed by atoms with Gasteiger partial charge < -0.3 is 4.74 Å². The van der Waals surface area contributed by atoms with Crippen LogP contribution in [0.2, 0.25) is 0 Å². The molecule has 1 aromatic carbocycles. The molecule has 0 N–H and O–H groups in total. The van der Waals surface area contributed by atoms with E-state index >= 15 is 0 Å². The highest BCUT2D eigenvalue weighted by Gasteiger charge is 2.18. The van der Waals surface area contributed by atoms with Gasteiger partial charge in [-0.05, 0) is 38.5 Å². The molecule has 4 heteroatoms. The molecular weight excluding hydrogens is 182 g/mol. The van der Waals surface area contributed by atoms with Crippen LogP contribution >= 0.6 is 0 Å². The summed E-state index contributed by atoms with van der Waals surface area (Å²) in [5.41, 5.74) is 1.67. The minimum Gasteiger partial charge on any atom is -0.487 e. The molecule has 0 bridgehead atoms. The van der Waals surface area contributed by atoms with Gasteiger partial charge in [-0.3, -0.25) is 10.1 Å². The quantitative estimate of drug-likeness (QED) is 0.550. The summed E-state index contributed by atoms with van der Waals surface area (Å²) in [5.74, 6) is 0.356. The Morgan fingerprint density at radius 2 is 2.07 bits per heavy atom. The van der Waals surface area contributed by atoms with Gasteiger partial charge in [0.2, 0.25) is 0 Å². The predicted molar refractivity (Wildman–Crippen MR) is 53.7 cm³/mol. The van der Waals surface area contributed by atoms with E-state index in [4.69, 9.17) is 4.74 Å². The van der Waals surface area contributed by atoms with Crippen molar-refractivity contribution < 1.29 is 9.66 Å². The third kappa shape index (κ3) is 2.02. The zero-order chi connectivity index (χ0) is 10.7. The van der Waals surface area contributed by atoms with Gasteiger partial charge in [0.15, 0.2) is 5.75 Å². The van der Waals surface area contributed by atoms with Crippen molar-refractivity contribution >= 4 is 5.69 Å². The number of hydrogen-bond acceptors (Lipinski definition) is 3. The first-order valence-electron chi connectivity index (χ1n) is 4.44. The van der Waals surface area contributed by atoms with Crippen LogP contribution in [0, 0.1) is 24.0 Å². The zero-order valence-corrected chi connectivity index (χ0v) is 8.53. The van der Waals surface area contributed by atoms with E-state index in [9.17, 15) is 10.1 Å². The fourth-order valence-corrected chi connectivity index (χ4v) is 1.42. The van der Waals surface area contributed by atoms with E-state index in [1.54, 1.807) is 26.0 Å². The highest BCUT2D eigenvalue weighted by Crippen LogP contribution is 2.31. The predicted octanol–water partition coefficient (Wildman–Crippen LogP) is 2.61. The molecule has 0 aliphatic carbocycles. The van der Waals surface area contributed by atoms with Gasteiger partial charge >= 0.3 is 5.69 Å². The minimum absolute atomic E-state index is 0.0671. The van der Waals surface area contributed by atoms with Crippen molar-refractivity contribution in [2.45, 2.75) is 20.8 Å². The SMILES string of the molecule is CCOc1cc(C)cc(C)c1[N+](=O)[O-]. The van der Waals surface area contributed by atoms with E-state index in [1.165, 1.54) is 0 Å². The monoisotopic (exact) mass is 195 g/mol. The van der Waals surface area contributed by atoms with E-state index in [2.05, 4.69) is 0 Å². The molecule has 0 aliphatic heterocycles. The van der Waals surface area contributed by atoms with Gasteiger partial charge in [-0.25, -0.2) is 0 Å². The van der Waals surface area contributed by atoms with Crippen molar-refractivity contribution in [3.63, 3.8) is 0 Å². The van der Waals surface area contributed by atoms with E-state index < -0.39 is 4.92 Å². The average molecular weight is 195 g/mol. The van der Waals surface area contributed by atoms with Gasteiger partial charge in [0.05, 0.1) is 11.5 Å². The number of rotatable bonds is 3. The first-order chi connectivity index (χ1) is 6.56. The molecule has 0 aliphatic rings. The lowest BCUT2D eigenvalue weighted by Crippen LogP contribution is -2.00. The lowest BCUT2D eigenvalue weighted by molar-refractivity contribution is -0.386. The molecule has 14 heavy (non-hydrogen) atoms. The fourth-order valence-electron chi connectivity index (χ4n) is 1.42. The van der Waals surface area contributed by atoms with Crippen LogP contribution in [0.5, 0.6) is 5.75 Å². The van der Waals surface area contributed by atoms with Crippen LogP contribution in [0.25, 0.3) is 0 Å². The number of nitrogens with zero attached hydrogens (tertiary/aromatic N) is 1. The number of benzene rings is 1. The number of nitro benzene ring substituents is 1. The molecule has 76 valence electrons. The summed E-state index contributed by atoms with van der Waals surface area (Å²) in [6, 6.07) is 3.47. The molecular formula is C10H13NO3. The summed E-state index contributed by atoms with van der Waals surface area (Å²) in [6.45, 7) is 5.85. The molecule has 1 aromatic rings. The Morgan fingerprint density at radius 3 is 2.57 bits per heavy atom. The summed E-state index contributed by atoms with van der Waals surface area (Å²) >= 11 is 0. The van der Waals surface area contributed by atoms with Crippen molar-refractivity contribution in [2.24, 2.45) is 0 Å². The van der Waals surface area contributed by atoms with Crippen molar-refractivity contribution in [1.82, 2.24) is 0 Å². The van der Waals surface area contributed by atoms with Crippen molar-refractivity contribution in [3.05, 3.63) is 33.4 Å². The Kier molecular flexibility index (Phi) is 3.06. The number of nitro groups is 1. The van der Waals surface area contributed by atoms with Crippen LogP contribution in [0.4, 0.5) is 5.69 Å². The van der Waals surface area contributed by atoms with Gasteiger partial charge in [-0.1, -0.05) is 0 Å². The van der Waals surface area contributed by atoms with E-state index in [0.717, 1.165) is 5.56 Å². The topological polar surface area (TPSA) is 52.4 Å². The number of hydrogen-bond donors (Lipinski definition) is 0. The Hall–Kier alpha value is -1.58. The third-order valence-electron chi connectivity index (χ3n) is 1.89. The molecule has 0 amide bonds. The van der Waals surface area contributed by atoms with E-state index in [1.807, 2.05) is 6.92 Å². The van der Waals surface area contributed by atoms with Crippen LogP contribution < -0.4 is 4.74 Å². The molecule has 0 aromatic heterocycles. The smallest absolute Gasteiger partial charge is 0.313 e. The molecule has 0 spiro atoms. The van der Waals surface area contributed by atoms with Gasteiger partial charge in [0.1, 0.15) is 0 Å². The maximum atomic E-state index is 10.8. The second kappa shape index (κ2) is 4.09. The molecule has 1 rings (SSSR count). The lowest BCUT2D eigenvalue weighted by atomic mass is 10.1. The number of aryl methyl sites for hydroxylation is 2. The van der Waals surface area contributed by atoms with Gasteiger partial charge in [0, 0.05) is 5.56 Å². The number of ether oxygens (including phenoxy) is 1. The Morgan fingerprint density at radius 1 is 1.43 bits per heavy atom. The Labute approximate surface area is 82.7 Å². The Balaban J connectivity index is 3.28. The fraction of sp³-hybridized carbons (Fsp3) is 0.400. The summed E-state index contributed by atoms with van der Waals surface area (Å²) in [5, 5.41) is 10.8. The van der Waals surface area contributed by atoms with Gasteiger partial charge in [-0.2, -0.15) is 0 Å². The maximum Gasteiger partial charge on any atom is 0.313 e. The second-order valence-corrected chi connectivity index (χ2v) is 3.12. The standard InChI is InChI=1S/C10H13NO3/c1-4-14-9-6-7(2)5-8(3)10(9)11(12)13/h5-6H,4H2,1-3H3. The maximum absolute atomic E-state index is 10.8. The summed E-state index contributed by atoms with van der Waals surface area (Å²) < 4.78 is 5.22. The minimum atomic E-state index is -0.403. The molecule has 0 atom stereocenters. The summed E-state index contributed by atoms with van der Waals surface area (Å²) in [6.07, 6.45) is 0. The lowest BCUT2D eigenvalue weighted by Gasteiger charge is -2.07. The first-order valence-corrected chi connectivity index (χ1v) is 4.44. The van der Waals surface area contributed by atoms with Crippen LogP contribution in [0.1, 0.15) is 18.1 Å². The van der Waals surface area contributed by atoms with E-state index in [-0.39, 0.29) is 5.69 Å². The van der Waals surface area contributed by atoms with Crippen LogP contribution in [-0.4, -0.2) is 11.5 Å². The molecule has 0 radical (unpaired) electrons. The average Bonchev–Trinajstić information content (AvgIpc) is 2.01. The molecule has 0 fully saturated rings. The van der Waals surface area contributed by atoms with Crippen molar-refractivity contribution in [1.29, 1.82) is 0 Å². The molecule has 0 saturated heterocycles.